The minimum Gasteiger partial charge on any atom is -0.493 e. The van der Waals surface area contributed by atoms with Crippen LogP contribution in [0.25, 0.3) is 0 Å². The first-order valence-corrected chi connectivity index (χ1v) is 18.1. The Morgan fingerprint density at radius 1 is 0.386 bits per heavy atom. The highest BCUT2D eigenvalue weighted by Gasteiger charge is 2.39. The minimum absolute atomic E-state index is 0.196. The molecule has 44 heavy (non-hydrogen) atoms. The zero-order chi connectivity index (χ0) is 32.4. The van der Waals surface area contributed by atoms with Gasteiger partial charge in [-0.05, 0) is 0 Å². The van der Waals surface area contributed by atoms with Gasteiger partial charge in [-0.15, -0.1) is 0 Å². The Morgan fingerprint density at radius 3 is 1.07 bits per heavy atom. The summed E-state index contributed by atoms with van der Waals surface area (Å²) in [5.41, 5.74) is 0. The quantitative estimate of drug-likeness (QED) is 0.0371. The Morgan fingerprint density at radius 2 is 0.705 bits per heavy atom. The van der Waals surface area contributed by atoms with Crippen LogP contribution in [0.2, 0.25) is 0 Å². The van der Waals surface area contributed by atoms with Gasteiger partial charge in [0.25, 0.3) is 0 Å². The van der Waals surface area contributed by atoms with E-state index >= 15 is 0 Å². The molecule has 0 radical (unpaired) electrons. The SMILES string of the molecule is C=COC(C(COCCOCCS)OCCOCCS)C(OCCOCCS)C(COCCOCCS)OCCOCCS. The molecule has 0 aliphatic heterocycles. The molecule has 0 saturated carbocycles. The summed E-state index contributed by atoms with van der Waals surface area (Å²) >= 11 is 20.9. The van der Waals surface area contributed by atoms with E-state index in [2.05, 4.69) is 69.7 Å². The molecular formula is C28H56O11S5. The second-order valence-corrected chi connectivity index (χ2v) is 11.0. The van der Waals surface area contributed by atoms with Crippen LogP contribution in [-0.2, 0) is 52.1 Å². The van der Waals surface area contributed by atoms with Crippen molar-refractivity contribution in [3.8, 4) is 0 Å². The van der Waals surface area contributed by atoms with Gasteiger partial charge in [0.1, 0.15) is 18.3 Å². The summed E-state index contributed by atoms with van der Waals surface area (Å²) in [6, 6.07) is 0. The molecule has 0 amide bonds. The molecule has 4 unspecified atom stereocenters. The summed E-state index contributed by atoms with van der Waals surface area (Å²) in [7, 11) is 0. The lowest BCUT2D eigenvalue weighted by Crippen LogP contribution is -2.52. The van der Waals surface area contributed by atoms with Crippen LogP contribution in [0.1, 0.15) is 0 Å². The smallest absolute Gasteiger partial charge is 0.155 e. The van der Waals surface area contributed by atoms with Crippen LogP contribution in [0.4, 0.5) is 0 Å². The molecule has 16 heteroatoms. The number of hydrogen-bond donors (Lipinski definition) is 5. The summed E-state index contributed by atoms with van der Waals surface area (Å²) < 4.78 is 64.7. The van der Waals surface area contributed by atoms with Crippen LogP contribution in [0, 0.1) is 0 Å². The van der Waals surface area contributed by atoms with Crippen LogP contribution in [0.3, 0.4) is 0 Å². The van der Waals surface area contributed by atoms with Gasteiger partial charge in [-0.1, -0.05) is 6.58 Å². The molecule has 0 spiro atoms. The molecule has 0 bridgehead atoms. The van der Waals surface area contributed by atoms with Gasteiger partial charge in [0.2, 0.25) is 0 Å². The summed E-state index contributed by atoms with van der Waals surface area (Å²) in [6.45, 7) is 10.4. The highest BCUT2D eigenvalue weighted by atomic mass is 32.1. The molecule has 0 aromatic heterocycles. The average molecular weight is 729 g/mol. The highest BCUT2D eigenvalue weighted by Crippen LogP contribution is 2.20. The van der Waals surface area contributed by atoms with E-state index in [0.717, 1.165) is 0 Å². The summed E-state index contributed by atoms with van der Waals surface area (Å²) in [5, 5.41) is 0. The van der Waals surface area contributed by atoms with Crippen LogP contribution < -0.4 is 0 Å². The monoisotopic (exact) mass is 728 g/mol. The largest absolute Gasteiger partial charge is 0.493 e. The van der Waals surface area contributed by atoms with Crippen molar-refractivity contribution in [3.63, 3.8) is 0 Å². The Kier molecular flexibility index (Phi) is 37.5. The lowest BCUT2D eigenvalue weighted by Gasteiger charge is -2.37. The maximum Gasteiger partial charge on any atom is 0.155 e. The summed E-state index contributed by atoms with van der Waals surface area (Å²) in [5.74, 6) is 3.10. The molecule has 0 aromatic rings. The Balaban J connectivity index is 5.88. The molecule has 0 rings (SSSR count). The van der Waals surface area contributed by atoms with Crippen LogP contribution in [-0.4, -0.2) is 165 Å². The minimum atomic E-state index is -0.687. The molecule has 0 heterocycles. The highest BCUT2D eigenvalue weighted by molar-refractivity contribution is 7.80. The van der Waals surface area contributed by atoms with Crippen molar-refractivity contribution >= 4 is 63.1 Å². The molecule has 0 saturated heterocycles. The van der Waals surface area contributed by atoms with Crippen molar-refractivity contribution in [1.29, 1.82) is 0 Å². The maximum atomic E-state index is 6.39. The Hall–Kier alpha value is 0.890. The molecule has 0 N–H and O–H groups in total. The normalized spacial score (nSPS) is 14.4. The van der Waals surface area contributed by atoms with Crippen molar-refractivity contribution in [2.75, 3.05) is 141 Å². The predicted molar refractivity (Wildman–Crippen MR) is 189 cm³/mol. The Bertz CT molecular complexity index is 590. The van der Waals surface area contributed by atoms with E-state index < -0.39 is 24.4 Å². The van der Waals surface area contributed by atoms with Gasteiger partial charge < -0.3 is 52.1 Å². The van der Waals surface area contributed by atoms with Gasteiger partial charge in [0, 0.05) is 28.8 Å². The van der Waals surface area contributed by atoms with Crippen molar-refractivity contribution in [3.05, 3.63) is 12.8 Å². The molecule has 0 aliphatic carbocycles. The zero-order valence-corrected chi connectivity index (χ0v) is 30.3. The van der Waals surface area contributed by atoms with Gasteiger partial charge >= 0.3 is 0 Å². The van der Waals surface area contributed by atoms with E-state index in [9.17, 15) is 0 Å². The summed E-state index contributed by atoms with van der Waals surface area (Å²) in [6.07, 6.45) is -1.14. The fraction of sp³-hybridized carbons (Fsp3) is 0.929. The predicted octanol–water partition coefficient (Wildman–Crippen LogP) is 2.44. The number of thiol groups is 5. The van der Waals surface area contributed by atoms with Crippen LogP contribution in [0.5, 0.6) is 0 Å². The van der Waals surface area contributed by atoms with Crippen LogP contribution in [0.15, 0.2) is 12.8 Å². The van der Waals surface area contributed by atoms with Gasteiger partial charge in [0.15, 0.2) is 6.10 Å². The Labute approximate surface area is 292 Å². The van der Waals surface area contributed by atoms with E-state index in [1.165, 1.54) is 6.26 Å². The molecular weight excluding hydrogens is 673 g/mol. The first-order valence-electron chi connectivity index (χ1n) is 14.9. The number of ether oxygens (including phenoxy) is 11. The second-order valence-electron chi connectivity index (χ2n) is 8.75. The average Bonchev–Trinajstić information content (AvgIpc) is 3.03. The maximum absolute atomic E-state index is 6.39. The first kappa shape index (κ1) is 44.9. The molecule has 0 aromatic carbocycles. The fourth-order valence-corrected chi connectivity index (χ4v) is 4.25. The number of hydrogen-bond acceptors (Lipinski definition) is 16. The van der Waals surface area contributed by atoms with E-state index in [1.807, 2.05) is 0 Å². The molecule has 4 atom stereocenters. The van der Waals surface area contributed by atoms with Gasteiger partial charge in [-0.25, -0.2) is 0 Å². The molecule has 264 valence electrons. The van der Waals surface area contributed by atoms with Crippen LogP contribution >= 0.6 is 63.1 Å². The van der Waals surface area contributed by atoms with Gasteiger partial charge in [0.05, 0.1) is 119 Å². The third-order valence-electron chi connectivity index (χ3n) is 5.45. The van der Waals surface area contributed by atoms with Gasteiger partial charge in [-0.3, -0.25) is 0 Å². The zero-order valence-electron chi connectivity index (χ0n) is 25.9. The van der Waals surface area contributed by atoms with Crippen molar-refractivity contribution in [1.82, 2.24) is 0 Å². The molecule has 0 fully saturated rings. The topological polar surface area (TPSA) is 102 Å². The number of rotatable bonds is 37. The van der Waals surface area contributed by atoms with E-state index in [4.69, 9.17) is 52.1 Å². The van der Waals surface area contributed by atoms with E-state index in [-0.39, 0.29) is 19.8 Å². The second kappa shape index (κ2) is 36.7. The first-order chi connectivity index (χ1) is 21.7. The lowest BCUT2D eigenvalue weighted by atomic mass is 10.0. The summed E-state index contributed by atoms with van der Waals surface area (Å²) in [4.78, 5) is 0. The third-order valence-corrected chi connectivity index (χ3v) is 6.37. The van der Waals surface area contributed by atoms with E-state index in [1.54, 1.807) is 0 Å². The van der Waals surface area contributed by atoms with Crippen molar-refractivity contribution in [2.45, 2.75) is 24.4 Å². The van der Waals surface area contributed by atoms with Crippen molar-refractivity contribution in [2.24, 2.45) is 0 Å². The fourth-order valence-electron chi connectivity index (χ4n) is 3.60. The standard InChI is InChI=1S/C28H56O11S5/c1-2-36-27(25(37-10-7-31-15-20-42)23-34-5-3-29-13-18-40)28(39-12-9-33-17-22-44)26(38-11-8-32-16-21-43)24-35-6-4-30-14-19-41/h2,25-28,40-44H,1,3-24H2. The van der Waals surface area contributed by atoms with Crippen molar-refractivity contribution < 1.29 is 52.1 Å². The van der Waals surface area contributed by atoms with E-state index in [0.29, 0.717) is 121 Å². The van der Waals surface area contributed by atoms with Gasteiger partial charge in [-0.2, -0.15) is 63.1 Å². The molecule has 0 aliphatic rings. The molecule has 11 nitrogen and oxygen atoms in total. The lowest BCUT2D eigenvalue weighted by molar-refractivity contribution is -0.190. The third kappa shape index (κ3) is 26.9.